The number of hydrogen-bond acceptors (Lipinski definition) is 4. The van der Waals surface area contributed by atoms with Gasteiger partial charge in [0, 0.05) is 13.1 Å². The Bertz CT molecular complexity index is 705. The summed E-state index contributed by atoms with van der Waals surface area (Å²) < 4.78 is 1.95. The number of aryl methyl sites for hydroxylation is 1. The highest BCUT2D eigenvalue weighted by Crippen LogP contribution is 2.24. The molecule has 0 bridgehead atoms. The highest BCUT2D eigenvalue weighted by atomic mass is 32.2. The number of benzene rings is 1. The third-order valence-electron chi connectivity index (χ3n) is 4.44. The molecule has 1 aliphatic rings. The second-order valence-corrected chi connectivity index (χ2v) is 7.75. The van der Waals surface area contributed by atoms with E-state index in [9.17, 15) is 4.79 Å². The molecule has 1 fully saturated rings. The molecular formula is C18H24N4OS. The van der Waals surface area contributed by atoms with Gasteiger partial charge >= 0.3 is 0 Å². The van der Waals surface area contributed by atoms with Crippen LogP contribution in [0.5, 0.6) is 0 Å². The van der Waals surface area contributed by atoms with Crippen LogP contribution in [0, 0.1) is 18.8 Å². The molecule has 1 aromatic heterocycles. The van der Waals surface area contributed by atoms with Crippen LogP contribution in [-0.2, 0) is 4.79 Å². The first kappa shape index (κ1) is 17.0. The maximum Gasteiger partial charge on any atom is 0.233 e. The molecule has 1 aliphatic heterocycles. The standard InChI is InChI=1S/C18H24N4OS/c1-13-8-14(2)10-21(9-13)17(23)11-24-18-20-19-12-22(18)16-7-5-4-6-15(16)3/h4-7,12-14H,8-11H2,1-3H3/t13-,14-/m0/s1. The average Bonchev–Trinajstić information content (AvgIpc) is 3.00. The summed E-state index contributed by atoms with van der Waals surface area (Å²) in [6.07, 6.45) is 2.92. The Labute approximate surface area is 147 Å². The summed E-state index contributed by atoms with van der Waals surface area (Å²) in [5, 5.41) is 8.97. The fourth-order valence-electron chi connectivity index (χ4n) is 3.41. The van der Waals surface area contributed by atoms with Crippen molar-refractivity contribution < 1.29 is 4.79 Å². The summed E-state index contributed by atoms with van der Waals surface area (Å²) in [6, 6.07) is 8.11. The number of aromatic nitrogens is 3. The molecule has 5 nitrogen and oxygen atoms in total. The molecule has 0 spiro atoms. The molecule has 0 aliphatic carbocycles. The van der Waals surface area contributed by atoms with E-state index < -0.39 is 0 Å². The number of thioether (sulfide) groups is 1. The van der Waals surface area contributed by atoms with Gasteiger partial charge in [-0.15, -0.1) is 10.2 Å². The van der Waals surface area contributed by atoms with Gasteiger partial charge in [-0.05, 0) is 36.8 Å². The van der Waals surface area contributed by atoms with Crippen molar-refractivity contribution in [3.8, 4) is 5.69 Å². The topological polar surface area (TPSA) is 51.0 Å². The second kappa shape index (κ2) is 7.38. The minimum atomic E-state index is 0.192. The number of piperidine rings is 1. The fourth-order valence-corrected chi connectivity index (χ4v) is 4.23. The van der Waals surface area contributed by atoms with Crippen molar-refractivity contribution in [1.29, 1.82) is 0 Å². The lowest BCUT2D eigenvalue weighted by Crippen LogP contribution is -2.43. The first-order valence-electron chi connectivity index (χ1n) is 8.41. The number of carbonyl (C=O) groups excluding carboxylic acids is 1. The van der Waals surface area contributed by atoms with Gasteiger partial charge in [0.1, 0.15) is 6.33 Å². The molecule has 2 atom stereocenters. The van der Waals surface area contributed by atoms with E-state index in [4.69, 9.17) is 0 Å². The van der Waals surface area contributed by atoms with E-state index in [0.717, 1.165) is 29.5 Å². The van der Waals surface area contributed by atoms with Crippen molar-refractivity contribution >= 4 is 17.7 Å². The Kier molecular flexibility index (Phi) is 5.23. The van der Waals surface area contributed by atoms with Crippen LogP contribution in [-0.4, -0.2) is 44.4 Å². The highest BCUT2D eigenvalue weighted by Gasteiger charge is 2.25. The first-order chi connectivity index (χ1) is 11.5. The third kappa shape index (κ3) is 3.80. The van der Waals surface area contributed by atoms with Gasteiger partial charge in [0.25, 0.3) is 0 Å². The van der Waals surface area contributed by atoms with Crippen molar-refractivity contribution in [2.75, 3.05) is 18.8 Å². The summed E-state index contributed by atoms with van der Waals surface area (Å²) >= 11 is 1.46. The molecule has 1 amide bonds. The number of para-hydroxylation sites is 1. The highest BCUT2D eigenvalue weighted by molar-refractivity contribution is 7.99. The molecule has 1 aromatic carbocycles. The van der Waals surface area contributed by atoms with Crippen molar-refractivity contribution in [3.63, 3.8) is 0 Å². The van der Waals surface area contributed by atoms with Crippen LogP contribution in [0.3, 0.4) is 0 Å². The lowest BCUT2D eigenvalue weighted by atomic mass is 9.92. The Hall–Kier alpha value is -1.82. The molecule has 6 heteroatoms. The Morgan fingerprint density at radius 2 is 1.96 bits per heavy atom. The molecule has 24 heavy (non-hydrogen) atoms. The molecule has 1 saturated heterocycles. The maximum atomic E-state index is 12.5. The van der Waals surface area contributed by atoms with Gasteiger partial charge in [0.2, 0.25) is 5.91 Å². The molecule has 0 unspecified atom stereocenters. The quantitative estimate of drug-likeness (QED) is 0.800. The second-order valence-electron chi connectivity index (χ2n) is 6.80. The molecule has 0 radical (unpaired) electrons. The zero-order valence-electron chi connectivity index (χ0n) is 14.5. The third-order valence-corrected chi connectivity index (χ3v) is 5.37. The normalized spacial score (nSPS) is 21.0. The van der Waals surface area contributed by atoms with Crippen LogP contribution in [0.4, 0.5) is 0 Å². The first-order valence-corrected chi connectivity index (χ1v) is 9.39. The SMILES string of the molecule is Cc1ccccc1-n1cnnc1SCC(=O)N1C[C@@H](C)C[C@H](C)C1. The number of carbonyl (C=O) groups is 1. The van der Waals surface area contributed by atoms with Crippen LogP contribution in [0.1, 0.15) is 25.8 Å². The lowest BCUT2D eigenvalue weighted by molar-refractivity contribution is -0.130. The molecule has 0 N–H and O–H groups in total. The number of hydrogen-bond donors (Lipinski definition) is 0. The van der Waals surface area contributed by atoms with Gasteiger partial charge < -0.3 is 4.90 Å². The van der Waals surface area contributed by atoms with E-state index in [1.807, 2.05) is 27.7 Å². The fraction of sp³-hybridized carbons (Fsp3) is 0.500. The molecule has 0 saturated carbocycles. The summed E-state index contributed by atoms with van der Waals surface area (Å²) in [4.78, 5) is 14.5. The van der Waals surface area contributed by atoms with Gasteiger partial charge in [0.05, 0.1) is 11.4 Å². The average molecular weight is 344 g/mol. The van der Waals surface area contributed by atoms with E-state index in [2.05, 4.69) is 37.0 Å². The summed E-state index contributed by atoms with van der Waals surface area (Å²) in [7, 11) is 0. The molecular weight excluding hydrogens is 320 g/mol. The van der Waals surface area contributed by atoms with E-state index in [1.165, 1.54) is 18.2 Å². The molecule has 2 heterocycles. The van der Waals surface area contributed by atoms with Crippen LogP contribution >= 0.6 is 11.8 Å². The van der Waals surface area contributed by atoms with Crippen LogP contribution < -0.4 is 0 Å². The summed E-state index contributed by atoms with van der Waals surface area (Å²) in [5.74, 6) is 1.76. The zero-order valence-corrected chi connectivity index (χ0v) is 15.3. The van der Waals surface area contributed by atoms with Gasteiger partial charge in [-0.2, -0.15) is 0 Å². The number of nitrogens with zero attached hydrogens (tertiary/aromatic N) is 4. The van der Waals surface area contributed by atoms with Gasteiger partial charge in [-0.3, -0.25) is 9.36 Å². The Morgan fingerprint density at radius 3 is 2.67 bits per heavy atom. The van der Waals surface area contributed by atoms with E-state index in [0.29, 0.717) is 17.6 Å². The largest absolute Gasteiger partial charge is 0.341 e. The van der Waals surface area contributed by atoms with Gasteiger partial charge in [-0.1, -0.05) is 43.8 Å². The van der Waals surface area contributed by atoms with E-state index in [1.54, 1.807) is 6.33 Å². The number of likely N-dealkylation sites (tertiary alicyclic amines) is 1. The predicted octanol–water partition coefficient (Wildman–Crippen LogP) is 3.17. The maximum absolute atomic E-state index is 12.5. The number of amides is 1. The lowest BCUT2D eigenvalue weighted by Gasteiger charge is -2.34. The molecule has 128 valence electrons. The van der Waals surface area contributed by atoms with Crippen LogP contribution in [0.15, 0.2) is 35.7 Å². The smallest absolute Gasteiger partial charge is 0.233 e. The van der Waals surface area contributed by atoms with Crippen LogP contribution in [0.25, 0.3) is 5.69 Å². The monoisotopic (exact) mass is 344 g/mol. The minimum absolute atomic E-state index is 0.192. The Balaban J connectivity index is 1.67. The minimum Gasteiger partial charge on any atom is -0.341 e. The van der Waals surface area contributed by atoms with Gasteiger partial charge in [0.15, 0.2) is 5.16 Å². The van der Waals surface area contributed by atoms with Gasteiger partial charge in [-0.25, -0.2) is 0 Å². The summed E-state index contributed by atoms with van der Waals surface area (Å²) in [6.45, 7) is 8.24. The molecule has 3 rings (SSSR count). The van der Waals surface area contributed by atoms with E-state index >= 15 is 0 Å². The van der Waals surface area contributed by atoms with Crippen LogP contribution in [0.2, 0.25) is 0 Å². The van der Waals surface area contributed by atoms with Crippen molar-refractivity contribution in [2.45, 2.75) is 32.3 Å². The zero-order chi connectivity index (χ0) is 17.1. The Morgan fingerprint density at radius 1 is 1.25 bits per heavy atom. The van der Waals surface area contributed by atoms with Crippen molar-refractivity contribution in [1.82, 2.24) is 19.7 Å². The number of rotatable bonds is 4. The van der Waals surface area contributed by atoms with Crippen molar-refractivity contribution in [2.24, 2.45) is 11.8 Å². The van der Waals surface area contributed by atoms with E-state index in [-0.39, 0.29) is 5.91 Å². The summed E-state index contributed by atoms with van der Waals surface area (Å²) in [5.41, 5.74) is 2.21. The molecule has 2 aromatic rings. The predicted molar refractivity (Wildman–Crippen MR) is 96.3 cm³/mol. The van der Waals surface area contributed by atoms with Crippen molar-refractivity contribution in [3.05, 3.63) is 36.2 Å².